The third-order valence-corrected chi connectivity index (χ3v) is 1.89. The molecule has 0 atom stereocenters. The van der Waals surface area contributed by atoms with E-state index < -0.39 is 6.09 Å². The van der Waals surface area contributed by atoms with E-state index in [2.05, 4.69) is 21.2 Å². The van der Waals surface area contributed by atoms with E-state index in [4.69, 9.17) is 10.8 Å². The minimum Gasteiger partial charge on any atom is -0.465 e. The summed E-state index contributed by atoms with van der Waals surface area (Å²) in [6, 6.07) is 4.84. The largest absolute Gasteiger partial charge is 0.465 e. The van der Waals surface area contributed by atoms with Crippen molar-refractivity contribution in [3.8, 4) is 0 Å². The van der Waals surface area contributed by atoms with Crippen LogP contribution < -0.4 is 11.1 Å². The number of nitrogens with one attached hydrogen (secondary N) is 1. The molecule has 0 saturated carbocycles. The number of halogens is 1. The summed E-state index contributed by atoms with van der Waals surface area (Å²) in [5.41, 5.74) is 6.52. The highest BCUT2D eigenvalue weighted by molar-refractivity contribution is 9.10. The molecule has 64 valence electrons. The quantitative estimate of drug-likeness (QED) is 0.648. The molecule has 0 fully saturated rings. The second-order valence-electron chi connectivity index (χ2n) is 2.17. The van der Waals surface area contributed by atoms with Gasteiger partial charge in [0.05, 0.1) is 5.69 Å². The molecule has 0 unspecified atom stereocenters. The minimum absolute atomic E-state index is 0.483. The van der Waals surface area contributed by atoms with Gasteiger partial charge in [0.15, 0.2) is 0 Å². The molecule has 1 aromatic rings. The predicted molar refractivity (Wildman–Crippen MR) is 50.2 cm³/mol. The first-order valence-corrected chi connectivity index (χ1v) is 3.94. The SMILES string of the molecule is Nc1ccc(NC(=O)O)c(Br)c1. The lowest BCUT2D eigenvalue weighted by Gasteiger charge is -2.03. The van der Waals surface area contributed by atoms with Gasteiger partial charge in [0.25, 0.3) is 0 Å². The first-order chi connectivity index (χ1) is 5.59. The van der Waals surface area contributed by atoms with Crippen LogP contribution in [0.5, 0.6) is 0 Å². The maximum Gasteiger partial charge on any atom is 0.409 e. The number of carboxylic acid groups (broad SMARTS) is 1. The molecule has 0 aromatic heterocycles. The van der Waals surface area contributed by atoms with Gasteiger partial charge in [0.2, 0.25) is 0 Å². The first-order valence-electron chi connectivity index (χ1n) is 3.14. The molecular weight excluding hydrogens is 224 g/mol. The molecule has 12 heavy (non-hydrogen) atoms. The Kier molecular flexibility index (Phi) is 2.54. The highest BCUT2D eigenvalue weighted by Crippen LogP contribution is 2.24. The number of carbonyl (C=O) groups is 1. The zero-order valence-electron chi connectivity index (χ0n) is 6.04. The van der Waals surface area contributed by atoms with Gasteiger partial charge < -0.3 is 10.8 Å². The molecule has 4 nitrogen and oxygen atoms in total. The Balaban J connectivity index is 2.93. The van der Waals surface area contributed by atoms with Crippen molar-refractivity contribution in [3.63, 3.8) is 0 Å². The Morgan fingerprint density at radius 1 is 1.58 bits per heavy atom. The van der Waals surface area contributed by atoms with Crippen molar-refractivity contribution in [3.05, 3.63) is 22.7 Å². The molecule has 1 aromatic carbocycles. The van der Waals surface area contributed by atoms with Crippen molar-refractivity contribution in [1.82, 2.24) is 0 Å². The van der Waals surface area contributed by atoms with Crippen molar-refractivity contribution in [1.29, 1.82) is 0 Å². The van der Waals surface area contributed by atoms with Gasteiger partial charge in [-0.25, -0.2) is 4.79 Å². The number of nitrogen functional groups attached to an aromatic ring is 1. The molecular formula is C7H7BrN2O2. The number of hydrogen-bond acceptors (Lipinski definition) is 2. The Labute approximate surface area is 77.5 Å². The third-order valence-electron chi connectivity index (χ3n) is 1.23. The molecule has 0 spiro atoms. The molecule has 0 radical (unpaired) electrons. The number of amides is 1. The highest BCUT2D eigenvalue weighted by Gasteiger charge is 2.02. The van der Waals surface area contributed by atoms with Gasteiger partial charge in [0, 0.05) is 10.2 Å². The fraction of sp³-hybridized carbons (Fsp3) is 0. The lowest BCUT2D eigenvalue weighted by Crippen LogP contribution is -2.07. The fourth-order valence-corrected chi connectivity index (χ4v) is 1.24. The summed E-state index contributed by atoms with van der Waals surface area (Å²) < 4.78 is 0.630. The van der Waals surface area contributed by atoms with Crippen LogP contribution in [0, 0.1) is 0 Å². The lowest BCUT2D eigenvalue weighted by molar-refractivity contribution is 0.209. The minimum atomic E-state index is -1.10. The zero-order chi connectivity index (χ0) is 9.14. The summed E-state index contributed by atoms with van der Waals surface area (Å²) in [5, 5.41) is 10.6. The van der Waals surface area contributed by atoms with Crippen LogP contribution in [0.3, 0.4) is 0 Å². The third kappa shape index (κ3) is 2.13. The number of benzene rings is 1. The van der Waals surface area contributed by atoms with Gasteiger partial charge in [-0.15, -0.1) is 0 Å². The van der Waals surface area contributed by atoms with E-state index in [1.54, 1.807) is 18.2 Å². The summed E-state index contributed by atoms with van der Waals surface area (Å²) in [7, 11) is 0. The number of rotatable bonds is 1. The molecule has 5 heteroatoms. The summed E-state index contributed by atoms with van der Waals surface area (Å²) in [6.07, 6.45) is -1.10. The molecule has 0 aliphatic rings. The Morgan fingerprint density at radius 2 is 2.25 bits per heavy atom. The van der Waals surface area contributed by atoms with E-state index >= 15 is 0 Å². The first kappa shape index (κ1) is 8.86. The predicted octanol–water partition coefficient (Wildman–Crippen LogP) is 2.12. The molecule has 0 aliphatic heterocycles. The van der Waals surface area contributed by atoms with Gasteiger partial charge in [-0.3, -0.25) is 5.32 Å². The van der Waals surface area contributed by atoms with Crippen molar-refractivity contribution in [2.45, 2.75) is 0 Å². The van der Waals surface area contributed by atoms with E-state index in [0.29, 0.717) is 15.8 Å². The maximum atomic E-state index is 10.2. The summed E-state index contributed by atoms with van der Waals surface area (Å²) in [6.45, 7) is 0. The van der Waals surface area contributed by atoms with E-state index in [-0.39, 0.29) is 0 Å². The number of hydrogen-bond donors (Lipinski definition) is 3. The van der Waals surface area contributed by atoms with Crippen LogP contribution in [-0.4, -0.2) is 11.2 Å². The van der Waals surface area contributed by atoms with Crippen LogP contribution >= 0.6 is 15.9 Å². The second-order valence-corrected chi connectivity index (χ2v) is 3.02. The van der Waals surface area contributed by atoms with Crippen molar-refractivity contribution in [2.24, 2.45) is 0 Å². The molecule has 0 heterocycles. The average Bonchev–Trinajstić information content (AvgIpc) is 1.94. The van der Waals surface area contributed by atoms with Crippen molar-refractivity contribution < 1.29 is 9.90 Å². The average molecular weight is 231 g/mol. The summed E-state index contributed by atoms with van der Waals surface area (Å²) in [4.78, 5) is 10.2. The van der Waals surface area contributed by atoms with E-state index in [0.717, 1.165) is 0 Å². The van der Waals surface area contributed by atoms with Crippen LogP contribution in [0.15, 0.2) is 22.7 Å². The molecule has 0 aliphatic carbocycles. The Bertz CT molecular complexity index is 314. The van der Waals surface area contributed by atoms with Gasteiger partial charge in [-0.1, -0.05) is 0 Å². The lowest BCUT2D eigenvalue weighted by atomic mass is 10.3. The maximum absolute atomic E-state index is 10.2. The molecule has 4 N–H and O–H groups in total. The van der Waals surface area contributed by atoms with Crippen LogP contribution in [0.25, 0.3) is 0 Å². The van der Waals surface area contributed by atoms with Gasteiger partial charge in [-0.05, 0) is 34.1 Å². The van der Waals surface area contributed by atoms with Gasteiger partial charge in [-0.2, -0.15) is 0 Å². The molecule has 1 rings (SSSR count). The second kappa shape index (κ2) is 3.44. The van der Waals surface area contributed by atoms with Gasteiger partial charge in [0.1, 0.15) is 0 Å². The fourth-order valence-electron chi connectivity index (χ4n) is 0.748. The monoisotopic (exact) mass is 230 g/mol. The van der Waals surface area contributed by atoms with Crippen LogP contribution in [0.4, 0.5) is 16.2 Å². The van der Waals surface area contributed by atoms with Crippen LogP contribution in [0.2, 0.25) is 0 Å². The topological polar surface area (TPSA) is 75.3 Å². The Hall–Kier alpha value is -1.23. The Morgan fingerprint density at radius 3 is 2.75 bits per heavy atom. The van der Waals surface area contributed by atoms with Crippen LogP contribution in [-0.2, 0) is 0 Å². The van der Waals surface area contributed by atoms with E-state index in [9.17, 15) is 4.79 Å². The molecule has 1 amide bonds. The number of nitrogens with two attached hydrogens (primary N) is 1. The van der Waals surface area contributed by atoms with Crippen molar-refractivity contribution in [2.75, 3.05) is 11.1 Å². The van der Waals surface area contributed by atoms with E-state index in [1.807, 2.05) is 0 Å². The van der Waals surface area contributed by atoms with E-state index in [1.165, 1.54) is 0 Å². The summed E-state index contributed by atoms with van der Waals surface area (Å²) >= 11 is 3.17. The highest BCUT2D eigenvalue weighted by atomic mass is 79.9. The number of anilines is 2. The standard InChI is InChI=1S/C7H7BrN2O2/c8-5-3-4(9)1-2-6(5)10-7(11)12/h1-3,10H,9H2,(H,11,12). The van der Waals surface area contributed by atoms with Crippen LogP contribution in [0.1, 0.15) is 0 Å². The summed E-state index contributed by atoms with van der Waals surface area (Å²) in [5.74, 6) is 0. The normalized spacial score (nSPS) is 9.42. The van der Waals surface area contributed by atoms with Gasteiger partial charge >= 0.3 is 6.09 Å². The molecule has 0 bridgehead atoms. The zero-order valence-corrected chi connectivity index (χ0v) is 7.63. The van der Waals surface area contributed by atoms with Crippen molar-refractivity contribution >= 4 is 33.4 Å². The smallest absolute Gasteiger partial charge is 0.409 e. The molecule has 0 saturated heterocycles.